The van der Waals surface area contributed by atoms with Crippen LogP contribution in [0.15, 0.2) is 70.6 Å². The van der Waals surface area contributed by atoms with Crippen molar-refractivity contribution in [2.75, 3.05) is 0 Å². The number of aryl methyl sites for hydroxylation is 4. The molecule has 0 saturated heterocycles. The lowest BCUT2D eigenvalue weighted by molar-refractivity contribution is 0.399. The molecule has 7 heteroatoms. The van der Waals surface area contributed by atoms with Crippen molar-refractivity contribution >= 4 is 20.9 Å². The van der Waals surface area contributed by atoms with E-state index in [0.717, 1.165) is 27.6 Å². The molecule has 0 bridgehead atoms. The van der Waals surface area contributed by atoms with Crippen LogP contribution in [0, 0.1) is 27.7 Å². The van der Waals surface area contributed by atoms with Crippen LogP contribution in [0.5, 0.6) is 0 Å². The van der Waals surface area contributed by atoms with E-state index in [1.54, 1.807) is 38.4 Å². The van der Waals surface area contributed by atoms with Gasteiger partial charge in [-0.3, -0.25) is 9.78 Å². The Hall–Kier alpha value is -3.29. The first kappa shape index (κ1) is 22.9. The zero-order valence-electron chi connectivity index (χ0n) is 19.2. The number of benzene rings is 2. The third kappa shape index (κ3) is 4.74. The Morgan fingerprint density at radius 2 is 1.64 bits per heavy atom. The van der Waals surface area contributed by atoms with E-state index in [4.69, 9.17) is 0 Å². The normalized spacial score (nSPS) is 11.9. The summed E-state index contributed by atoms with van der Waals surface area (Å²) < 4.78 is 29.2. The van der Waals surface area contributed by atoms with Gasteiger partial charge in [0, 0.05) is 36.6 Å². The lowest BCUT2D eigenvalue weighted by atomic mass is 10.1. The van der Waals surface area contributed by atoms with Crippen LogP contribution in [0.1, 0.15) is 33.4 Å². The van der Waals surface area contributed by atoms with E-state index in [0.29, 0.717) is 16.7 Å². The van der Waals surface area contributed by atoms with Crippen molar-refractivity contribution in [1.82, 2.24) is 14.3 Å². The highest BCUT2D eigenvalue weighted by Crippen LogP contribution is 2.27. The van der Waals surface area contributed by atoms with Gasteiger partial charge in [0.2, 0.25) is 10.0 Å². The number of pyridine rings is 2. The minimum absolute atomic E-state index is 0.0524. The Bertz CT molecular complexity index is 1470. The van der Waals surface area contributed by atoms with Crippen molar-refractivity contribution in [1.29, 1.82) is 0 Å². The first-order valence-corrected chi connectivity index (χ1v) is 12.2. The summed E-state index contributed by atoms with van der Waals surface area (Å²) in [6.07, 6.45) is 3.29. The lowest BCUT2D eigenvalue weighted by Gasteiger charge is -2.24. The molecule has 33 heavy (non-hydrogen) atoms. The second-order valence-corrected chi connectivity index (χ2v) is 10.5. The fraction of sp³-hybridized carbons (Fsp3) is 0.231. The molecule has 1 N–H and O–H groups in total. The van der Waals surface area contributed by atoms with Crippen LogP contribution in [-0.4, -0.2) is 22.7 Å². The van der Waals surface area contributed by atoms with E-state index < -0.39 is 10.0 Å². The topological polar surface area (TPSA) is 83.1 Å². The summed E-state index contributed by atoms with van der Waals surface area (Å²) in [5.74, 6) is 0. The van der Waals surface area contributed by atoms with E-state index in [-0.39, 0.29) is 23.5 Å². The summed E-state index contributed by atoms with van der Waals surface area (Å²) >= 11 is 0. The van der Waals surface area contributed by atoms with Gasteiger partial charge in [-0.2, -0.15) is 4.31 Å². The van der Waals surface area contributed by atoms with Crippen LogP contribution in [-0.2, 0) is 23.1 Å². The van der Waals surface area contributed by atoms with Gasteiger partial charge in [0.1, 0.15) is 0 Å². The molecule has 2 heterocycles. The van der Waals surface area contributed by atoms with Crippen molar-refractivity contribution in [3.63, 3.8) is 0 Å². The largest absolute Gasteiger partial charge is 0.322 e. The average Bonchev–Trinajstić information content (AvgIpc) is 2.73. The number of rotatable bonds is 6. The van der Waals surface area contributed by atoms with Crippen LogP contribution < -0.4 is 5.56 Å². The van der Waals surface area contributed by atoms with E-state index in [1.165, 1.54) is 4.31 Å². The van der Waals surface area contributed by atoms with Gasteiger partial charge in [0.15, 0.2) is 0 Å². The predicted molar refractivity (Wildman–Crippen MR) is 131 cm³/mol. The summed E-state index contributed by atoms with van der Waals surface area (Å²) in [5, 5.41) is 0.858. The quantitative estimate of drug-likeness (QED) is 0.457. The third-order valence-electron chi connectivity index (χ3n) is 5.71. The zero-order valence-corrected chi connectivity index (χ0v) is 20.0. The second kappa shape index (κ2) is 8.92. The summed E-state index contributed by atoms with van der Waals surface area (Å²) in [6.45, 7) is 7.57. The number of fused-ring (bicyclic) bond motifs is 1. The van der Waals surface area contributed by atoms with Gasteiger partial charge < -0.3 is 4.98 Å². The molecule has 4 rings (SSSR count). The molecule has 2 aromatic carbocycles. The van der Waals surface area contributed by atoms with Gasteiger partial charge >= 0.3 is 0 Å². The molecule has 0 fully saturated rings. The smallest absolute Gasteiger partial charge is 0.252 e. The van der Waals surface area contributed by atoms with Crippen LogP contribution in [0.25, 0.3) is 10.9 Å². The molecule has 0 aliphatic carbocycles. The SMILES string of the molecule is Cc1cc(C)c(S(=O)(=O)N(Cc2cccnc2)Cc2cc3ccc(C)cc3[nH]c2=O)c(C)c1. The summed E-state index contributed by atoms with van der Waals surface area (Å²) in [5.41, 5.74) is 4.99. The van der Waals surface area contributed by atoms with Crippen molar-refractivity contribution < 1.29 is 8.42 Å². The molecule has 2 aromatic heterocycles. The van der Waals surface area contributed by atoms with Gasteiger partial charge in [-0.15, -0.1) is 0 Å². The summed E-state index contributed by atoms with van der Waals surface area (Å²) in [4.78, 5) is 20.2. The maximum absolute atomic E-state index is 13.9. The van der Waals surface area contributed by atoms with Gasteiger partial charge in [0.05, 0.1) is 4.90 Å². The molecular weight excluding hydrogens is 434 g/mol. The second-order valence-electron chi connectivity index (χ2n) is 8.58. The Balaban J connectivity index is 1.83. The Morgan fingerprint density at radius 1 is 0.909 bits per heavy atom. The molecule has 0 unspecified atom stereocenters. The molecule has 0 saturated carbocycles. The van der Waals surface area contributed by atoms with Crippen LogP contribution in [0.3, 0.4) is 0 Å². The molecule has 0 aliphatic heterocycles. The Morgan fingerprint density at radius 3 is 2.30 bits per heavy atom. The summed E-state index contributed by atoms with van der Waals surface area (Å²) in [7, 11) is -3.90. The van der Waals surface area contributed by atoms with Crippen molar-refractivity contribution in [2.45, 2.75) is 45.7 Å². The van der Waals surface area contributed by atoms with Crippen LogP contribution in [0.4, 0.5) is 0 Å². The van der Waals surface area contributed by atoms with E-state index in [2.05, 4.69) is 9.97 Å². The number of aromatic amines is 1. The number of nitrogens with zero attached hydrogens (tertiary/aromatic N) is 2. The molecule has 6 nitrogen and oxygen atoms in total. The molecular formula is C26H27N3O3S. The lowest BCUT2D eigenvalue weighted by Crippen LogP contribution is -2.33. The van der Waals surface area contributed by atoms with Crippen molar-refractivity contribution in [3.8, 4) is 0 Å². The molecule has 4 aromatic rings. The summed E-state index contributed by atoms with van der Waals surface area (Å²) in [6, 6.07) is 14.9. The fourth-order valence-electron chi connectivity index (χ4n) is 4.29. The van der Waals surface area contributed by atoms with Gasteiger partial charge in [-0.25, -0.2) is 8.42 Å². The molecule has 0 atom stereocenters. The minimum atomic E-state index is -3.90. The number of hydrogen-bond donors (Lipinski definition) is 1. The fourth-order valence-corrected chi connectivity index (χ4v) is 6.11. The molecule has 170 valence electrons. The maximum Gasteiger partial charge on any atom is 0.252 e. The Kier molecular flexibility index (Phi) is 6.19. The number of H-pyrrole nitrogens is 1. The highest BCUT2D eigenvalue weighted by molar-refractivity contribution is 7.89. The standard InChI is InChI=1S/C26H27N3O3S/c1-17-7-8-22-13-23(26(30)28-24(22)12-17)16-29(15-21-6-5-9-27-14-21)33(31,32)25-19(3)10-18(2)11-20(25)4/h5-14H,15-16H2,1-4H3,(H,28,30). The van der Waals surface area contributed by atoms with E-state index >= 15 is 0 Å². The van der Waals surface area contributed by atoms with Gasteiger partial charge in [-0.1, -0.05) is 35.9 Å². The van der Waals surface area contributed by atoms with Crippen molar-refractivity contribution in [2.24, 2.45) is 0 Å². The Labute approximate surface area is 194 Å². The number of aromatic nitrogens is 2. The molecule has 0 amide bonds. The van der Waals surface area contributed by atoms with E-state index in [1.807, 2.05) is 50.2 Å². The molecule has 0 spiro atoms. The third-order valence-corrected chi connectivity index (χ3v) is 7.81. The minimum Gasteiger partial charge on any atom is -0.322 e. The highest BCUT2D eigenvalue weighted by atomic mass is 32.2. The van der Waals surface area contributed by atoms with Crippen LogP contribution >= 0.6 is 0 Å². The van der Waals surface area contributed by atoms with Gasteiger partial charge in [-0.05, 0) is 73.5 Å². The zero-order chi connectivity index (χ0) is 23.8. The average molecular weight is 462 g/mol. The molecule has 0 radical (unpaired) electrons. The predicted octanol–water partition coefficient (Wildman–Crippen LogP) is 4.55. The number of nitrogens with one attached hydrogen (secondary N) is 1. The first-order valence-electron chi connectivity index (χ1n) is 10.7. The van der Waals surface area contributed by atoms with Crippen LogP contribution in [0.2, 0.25) is 0 Å². The maximum atomic E-state index is 13.9. The van der Waals surface area contributed by atoms with Crippen molar-refractivity contribution in [3.05, 3.63) is 105 Å². The van der Waals surface area contributed by atoms with E-state index in [9.17, 15) is 13.2 Å². The molecule has 0 aliphatic rings. The number of hydrogen-bond acceptors (Lipinski definition) is 4. The first-order chi connectivity index (χ1) is 15.6. The highest BCUT2D eigenvalue weighted by Gasteiger charge is 2.29. The monoisotopic (exact) mass is 461 g/mol. The van der Waals surface area contributed by atoms with Gasteiger partial charge in [0.25, 0.3) is 5.56 Å². The number of sulfonamides is 1.